The molecule has 8 nitrogen and oxygen atoms in total. The Balaban J connectivity index is 1.60. The highest BCUT2D eigenvalue weighted by Crippen LogP contribution is 2.36. The van der Waals surface area contributed by atoms with E-state index in [0.717, 1.165) is 67.2 Å². The van der Waals surface area contributed by atoms with Gasteiger partial charge in [0.05, 0.1) is 42.3 Å². The van der Waals surface area contributed by atoms with Crippen LogP contribution in [0.3, 0.4) is 0 Å². The smallest absolute Gasteiger partial charge is 0.232 e. The van der Waals surface area contributed by atoms with Gasteiger partial charge < -0.3 is 14.0 Å². The predicted octanol–water partition coefficient (Wildman–Crippen LogP) is 4.06. The van der Waals surface area contributed by atoms with Gasteiger partial charge in [-0.1, -0.05) is 12.1 Å². The number of hydrogen-bond donors (Lipinski definition) is 1. The summed E-state index contributed by atoms with van der Waals surface area (Å²) in [6.07, 6.45) is 0.933. The van der Waals surface area contributed by atoms with Crippen LogP contribution in [0.4, 0.5) is 5.69 Å². The number of hydrogen-bond acceptors (Lipinski definition) is 6. The molecule has 2 aromatic carbocycles. The average molecular weight is 497 g/mol. The SMILES string of the molecule is CCn1c(-c2cccc(NS(=O)(=O)CC)c2)c(C#N)c2ccc(OCCCN3CCOCC3)cc21. The molecule has 1 N–H and O–H groups in total. The van der Waals surface area contributed by atoms with E-state index < -0.39 is 10.0 Å². The van der Waals surface area contributed by atoms with Crippen LogP contribution in [0.15, 0.2) is 42.5 Å². The number of nitriles is 1. The van der Waals surface area contributed by atoms with Crippen LogP contribution in [0.1, 0.15) is 25.8 Å². The monoisotopic (exact) mass is 496 g/mol. The first-order valence-electron chi connectivity index (χ1n) is 12.1. The third-order valence-electron chi connectivity index (χ3n) is 6.24. The van der Waals surface area contributed by atoms with Gasteiger partial charge in [0.2, 0.25) is 10.0 Å². The van der Waals surface area contributed by atoms with Gasteiger partial charge in [0.25, 0.3) is 0 Å². The van der Waals surface area contributed by atoms with Crippen molar-refractivity contribution in [1.82, 2.24) is 9.47 Å². The van der Waals surface area contributed by atoms with Crippen molar-refractivity contribution in [2.45, 2.75) is 26.8 Å². The minimum absolute atomic E-state index is 0.00881. The summed E-state index contributed by atoms with van der Waals surface area (Å²) in [6.45, 7) is 9.41. The number of aryl methyl sites for hydroxylation is 1. The molecule has 1 fully saturated rings. The van der Waals surface area contributed by atoms with Crippen LogP contribution in [0.2, 0.25) is 0 Å². The Bertz CT molecular complexity index is 1320. The fourth-order valence-corrected chi connectivity index (χ4v) is 5.08. The van der Waals surface area contributed by atoms with Crippen LogP contribution in [0.5, 0.6) is 5.75 Å². The normalized spacial score (nSPS) is 14.7. The van der Waals surface area contributed by atoms with Crippen LogP contribution in [-0.4, -0.2) is 63.1 Å². The summed E-state index contributed by atoms with van der Waals surface area (Å²) >= 11 is 0. The van der Waals surface area contributed by atoms with Crippen molar-refractivity contribution in [3.63, 3.8) is 0 Å². The average Bonchev–Trinajstić information content (AvgIpc) is 3.20. The summed E-state index contributed by atoms with van der Waals surface area (Å²) in [5.74, 6) is 0.762. The van der Waals surface area contributed by atoms with Crippen molar-refractivity contribution < 1.29 is 17.9 Å². The molecule has 0 radical (unpaired) electrons. The van der Waals surface area contributed by atoms with Crippen molar-refractivity contribution in [2.75, 3.05) is 49.9 Å². The Morgan fingerprint density at radius 2 is 1.94 bits per heavy atom. The summed E-state index contributed by atoms with van der Waals surface area (Å²) in [5, 5.41) is 10.9. The summed E-state index contributed by atoms with van der Waals surface area (Å²) in [6, 6.07) is 15.4. The molecule has 0 aliphatic carbocycles. The molecular formula is C26H32N4O4S. The van der Waals surface area contributed by atoms with Crippen molar-refractivity contribution in [2.24, 2.45) is 0 Å². The van der Waals surface area contributed by atoms with Crippen molar-refractivity contribution in [3.8, 4) is 23.1 Å². The van der Waals surface area contributed by atoms with E-state index in [1.54, 1.807) is 25.1 Å². The molecule has 2 heterocycles. The number of aromatic nitrogens is 1. The van der Waals surface area contributed by atoms with Crippen LogP contribution in [0.25, 0.3) is 22.2 Å². The molecule has 0 atom stereocenters. The molecule has 0 bridgehead atoms. The van der Waals surface area contributed by atoms with Gasteiger partial charge >= 0.3 is 0 Å². The molecular weight excluding hydrogens is 464 g/mol. The highest BCUT2D eigenvalue weighted by atomic mass is 32.2. The van der Waals surface area contributed by atoms with Crippen LogP contribution >= 0.6 is 0 Å². The molecule has 0 unspecified atom stereocenters. The zero-order valence-corrected chi connectivity index (χ0v) is 21.1. The fourth-order valence-electron chi connectivity index (χ4n) is 4.45. The molecule has 0 amide bonds. The predicted molar refractivity (Wildman–Crippen MR) is 138 cm³/mol. The Morgan fingerprint density at radius 3 is 2.66 bits per heavy atom. The second-order valence-corrected chi connectivity index (χ2v) is 10.5. The molecule has 1 aromatic heterocycles. The van der Waals surface area contributed by atoms with E-state index >= 15 is 0 Å². The van der Waals surface area contributed by atoms with Crippen LogP contribution in [0, 0.1) is 11.3 Å². The van der Waals surface area contributed by atoms with E-state index in [0.29, 0.717) is 24.4 Å². The Hall–Kier alpha value is -3.06. The molecule has 3 aromatic rings. The Kier molecular flexibility index (Phi) is 7.96. The first-order chi connectivity index (χ1) is 17.0. The van der Waals surface area contributed by atoms with Gasteiger partial charge in [-0.15, -0.1) is 0 Å². The maximum atomic E-state index is 12.0. The second kappa shape index (κ2) is 11.1. The van der Waals surface area contributed by atoms with Gasteiger partial charge in [-0.05, 0) is 44.5 Å². The second-order valence-electron chi connectivity index (χ2n) is 8.50. The fraction of sp³-hybridized carbons (Fsp3) is 0.423. The van der Waals surface area contributed by atoms with Crippen molar-refractivity contribution in [3.05, 3.63) is 48.0 Å². The molecule has 1 aliphatic rings. The van der Waals surface area contributed by atoms with Gasteiger partial charge in [-0.2, -0.15) is 5.26 Å². The summed E-state index contributed by atoms with van der Waals surface area (Å²) < 4.78 is 40.2. The number of morpholine rings is 1. The standard InChI is InChI=1S/C26H32N4O4S/c1-3-30-25-18-22(34-14-6-11-29-12-15-33-16-13-29)9-10-23(25)24(19-27)26(30)20-7-5-8-21(17-20)28-35(31,32)4-2/h5,7-10,17-18,28H,3-4,6,11-16H2,1-2H3. The zero-order chi connectivity index (χ0) is 24.8. The third-order valence-corrected chi connectivity index (χ3v) is 7.55. The van der Waals surface area contributed by atoms with Gasteiger partial charge in [-0.3, -0.25) is 9.62 Å². The molecule has 4 rings (SSSR count). The van der Waals surface area contributed by atoms with Crippen molar-refractivity contribution >= 4 is 26.6 Å². The lowest BCUT2D eigenvalue weighted by atomic mass is 10.1. The highest BCUT2D eigenvalue weighted by Gasteiger charge is 2.19. The van der Waals surface area contributed by atoms with Crippen molar-refractivity contribution in [1.29, 1.82) is 5.26 Å². The first kappa shape index (κ1) is 25.0. The van der Waals surface area contributed by atoms with Gasteiger partial charge in [0.15, 0.2) is 0 Å². The minimum atomic E-state index is -3.40. The first-order valence-corrected chi connectivity index (χ1v) is 13.7. The van der Waals surface area contributed by atoms with Crippen LogP contribution < -0.4 is 9.46 Å². The summed E-state index contributed by atoms with van der Waals surface area (Å²) in [5.41, 5.74) is 3.52. The lowest BCUT2D eigenvalue weighted by Gasteiger charge is -2.26. The molecule has 35 heavy (non-hydrogen) atoms. The molecule has 0 spiro atoms. The van der Waals surface area contributed by atoms with E-state index in [9.17, 15) is 13.7 Å². The van der Waals surface area contributed by atoms with Gasteiger partial charge in [0, 0.05) is 48.9 Å². The Morgan fingerprint density at radius 1 is 1.14 bits per heavy atom. The van der Waals surface area contributed by atoms with E-state index in [1.165, 1.54) is 0 Å². The van der Waals surface area contributed by atoms with Gasteiger partial charge in [-0.25, -0.2) is 8.42 Å². The molecule has 9 heteroatoms. The summed E-state index contributed by atoms with van der Waals surface area (Å²) in [7, 11) is -3.40. The molecule has 1 aliphatic heterocycles. The maximum Gasteiger partial charge on any atom is 0.232 e. The maximum absolute atomic E-state index is 12.0. The third kappa shape index (κ3) is 5.78. The number of benzene rings is 2. The number of fused-ring (bicyclic) bond motifs is 1. The zero-order valence-electron chi connectivity index (χ0n) is 20.3. The largest absolute Gasteiger partial charge is 0.493 e. The van der Waals surface area contributed by atoms with E-state index in [-0.39, 0.29) is 5.75 Å². The number of sulfonamides is 1. The topological polar surface area (TPSA) is 96.6 Å². The lowest BCUT2D eigenvalue weighted by Crippen LogP contribution is -2.37. The van der Waals surface area contributed by atoms with Gasteiger partial charge in [0.1, 0.15) is 11.8 Å². The molecule has 186 valence electrons. The number of nitrogens with one attached hydrogen (secondary N) is 1. The van der Waals surface area contributed by atoms with Crippen LogP contribution in [-0.2, 0) is 21.3 Å². The summed E-state index contributed by atoms with van der Waals surface area (Å²) in [4.78, 5) is 2.39. The quantitative estimate of drug-likeness (QED) is 0.425. The van der Waals surface area contributed by atoms with E-state index in [4.69, 9.17) is 9.47 Å². The number of nitrogens with zero attached hydrogens (tertiary/aromatic N) is 3. The lowest BCUT2D eigenvalue weighted by molar-refractivity contribution is 0.0358. The Labute approximate surface area is 207 Å². The molecule has 1 saturated heterocycles. The number of ether oxygens (including phenoxy) is 2. The minimum Gasteiger partial charge on any atom is -0.493 e. The molecule has 0 saturated carbocycles. The number of rotatable bonds is 10. The van der Waals surface area contributed by atoms with E-state index in [2.05, 4.69) is 20.3 Å². The van der Waals surface area contributed by atoms with E-state index in [1.807, 2.05) is 31.2 Å². The highest BCUT2D eigenvalue weighted by molar-refractivity contribution is 7.92. The number of anilines is 1.